The van der Waals surface area contributed by atoms with Crippen LogP contribution < -0.4 is 0 Å². The summed E-state index contributed by atoms with van der Waals surface area (Å²) in [7, 11) is 0. The van der Waals surface area contributed by atoms with Crippen LogP contribution in [-0.2, 0) is 9.53 Å². The first-order chi connectivity index (χ1) is 17.4. The summed E-state index contributed by atoms with van der Waals surface area (Å²) in [5.41, 5.74) is 2.97. The van der Waals surface area contributed by atoms with Gasteiger partial charge in [-0.2, -0.15) is 0 Å². The number of rotatable bonds is 14. The molecule has 4 rings (SSSR count). The van der Waals surface area contributed by atoms with Gasteiger partial charge >= 0.3 is 0 Å². The minimum atomic E-state index is 0.491. The molecule has 2 nitrogen and oxygen atoms in total. The van der Waals surface area contributed by atoms with Crippen LogP contribution in [0.25, 0.3) is 0 Å². The van der Waals surface area contributed by atoms with E-state index in [1.807, 2.05) is 5.57 Å². The van der Waals surface area contributed by atoms with Gasteiger partial charge in [0.15, 0.2) is 0 Å². The molecule has 0 spiro atoms. The van der Waals surface area contributed by atoms with E-state index >= 15 is 0 Å². The van der Waals surface area contributed by atoms with Gasteiger partial charge in [-0.3, -0.25) is 0 Å². The van der Waals surface area contributed by atoms with E-state index in [4.69, 9.17) is 4.74 Å². The van der Waals surface area contributed by atoms with Crippen LogP contribution in [0.5, 0.6) is 0 Å². The predicted octanol–water partition coefficient (Wildman–Crippen LogP) is 9.56. The lowest BCUT2D eigenvalue weighted by Crippen LogP contribution is -2.50. The second-order valence-corrected chi connectivity index (χ2v) is 14.3. The first-order valence-electron chi connectivity index (χ1n) is 16.1. The number of carbonyl (C=O) groups excluding carboxylic acids is 1. The molecule has 0 heterocycles. The Bertz CT molecular complexity index is 725. The van der Waals surface area contributed by atoms with Crippen molar-refractivity contribution in [3.8, 4) is 0 Å². The molecule has 3 fully saturated rings. The monoisotopic (exact) mass is 498 g/mol. The summed E-state index contributed by atoms with van der Waals surface area (Å²) < 4.78 is 5.84. The molecule has 0 aliphatic heterocycles. The van der Waals surface area contributed by atoms with Crippen molar-refractivity contribution >= 4 is 6.29 Å². The summed E-state index contributed by atoms with van der Waals surface area (Å²) in [6.45, 7) is 11.9. The van der Waals surface area contributed by atoms with Gasteiger partial charge in [0.1, 0.15) is 6.29 Å². The van der Waals surface area contributed by atoms with Crippen molar-refractivity contribution in [2.75, 3.05) is 13.2 Å². The Morgan fingerprint density at radius 2 is 1.78 bits per heavy atom. The van der Waals surface area contributed by atoms with Crippen LogP contribution in [0.3, 0.4) is 0 Å². The van der Waals surface area contributed by atoms with Crippen molar-refractivity contribution < 1.29 is 9.53 Å². The summed E-state index contributed by atoms with van der Waals surface area (Å²) >= 11 is 0. The summed E-state index contributed by atoms with van der Waals surface area (Å²) in [4.78, 5) is 10.4. The van der Waals surface area contributed by atoms with Gasteiger partial charge in [-0.05, 0) is 130 Å². The Morgan fingerprint density at radius 3 is 2.58 bits per heavy atom. The third kappa shape index (κ3) is 6.32. The van der Waals surface area contributed by atoms with Gasteiger partial charge in [-0.15, -0.1) is 0 Å². The zero-order valence-corrected chi connectivity index (χ0v) is 24.4. The van der Waals surface area contributed by atoms with Crippen LogP contribution in [0, 0.1) is 46.3 Å². The van der Waals surface area contributed by atoms with E-state index in [0.717, 1.165) is 67.8 Å². The first-order valence-corrected chi connectivity index (χ1v) is 16.1. The lowest BCUT2D eigenvalue weighted by atomic mass is 9.47. The van der Waals surface area contributed by atoms with Gasteiger partial charge < -0.3 is 9.53 Å². The zero-order valence-electron chi connectivity index (χ0n) is 24.4. The molecule has 2 heteroatoms. The largest absolute Gasteiger partial charge is 0.381 e. The fraction of sp³-hybridized carbons (Fsp3) is 0.912. The highest BCUT2D eigenvalue weighted by Crippen LogP contribution is 2.67. The highest BCUT2D eigenvalue weighted by Gasteiger charge is 2.58. The molecule has 7 atom stereocenters. The number of carbonyl (C=O) groups is 1. The second kappa shape index (κ2) is 12.9. The Kier molecular flexibility index (Phi) is 10.2. The van der Waals surface area contributed by atoms with Crippen molar-refractivity contribution in [3.63, 3.8) is 0 Å². The van der Waals surface area contributed by atoms with Gasteiger partial charge in [0.2, 0.25) is 0 Å². The fourth-order valence-electron chi connectivity index (χ4n) is 9.52. The number of ether oxygens (including phenoxy) is 1. The number of hydrogen-bond donors (Lipinski definition) is 0. The molecule has 4 aliphatic rings. The third-order valence-corrected chi connectivity index (χ3v) is 11.7. The normalized spacial score (nSPS) is 37.8. The number of hydrogen-bond acceptors (Lipinski definition) is 2. The fourth-order valence-corrected chi connectivity index (χ4v) is 9.52. The molecule has 0 N–H and O–H groups in total. The Balaban J connectivity index is 1.26. The Labute approximate surface area is 223 Å². The molecule has 0 bridgehead atoms. The SMILES string of the molecule is CC(C)CCCCC1CCC2C3CC=C4CC(CCCOCCCCC=O)CCC4(C)C3CCC12C. The molecule has 0 aromatic carbocycles. The minimum Gasteiger partial charge on any atom is -0.381 e. The maximum atomic E-state index is 10.4. The molecule has 36 heavy (non-hydrogen) atoms. The van der Waals surface area contributed by atoms with Crippen molar-refractivity contribution in [1.29, 1.82) is 0 Å². The van der Waals surface area contributed by atoms with Crippen molar-refractivity contribution in [2.24, 2.45) is 46.3 Å². The van der Waals surface area contributed by atoms with E-state index < -0.39 is 0 Å². The molecule has 3 saturated carbocycles. The van der Waals surface area contributed by atoms with Gasteiger partial charge in [0.05, 0.1) is 0 Å². The van der Waals surface area contributed by atoms with Crippen LogP contribution in [0.4, 0.5) is 0 Å². The second-order valence-electron chi connectivity index (χ2n) is 14.3. The lowest BCUT2D eigenvalue weighted by molar-refractivity contribution is -0.108. The van der Waals surface area contributed by atoms with Crippen molar-refractivity contribution in [1.82, 2.24) is 0 Å². The first kappa shape index (κ1) is 28.4. The van der Waals surface area contributed by atoms with Crippen LogP contribution in [-0.4, -0.2) is 19.5 Å². The highest BCUT2D eigenvalue weighted by molar-refractivity contribution is 5.48. The van der Waals surface area contributed by atoms with E-state index in [-0.39, 0.29) is 0 Å². The highest BCUT2D eigenvalue weighted by atomic mass is 16.5. The average molecular weight is 499 g/mol. The maximum absolute atomic E-state index is 10.4. The minimum absolute atomic E-state index is 0.491. The average Bonchev–Trinajstić information content (AvgIpc) is 3.19. The van der Waals surface area contributed by atoms with Crippen molar-refractivity contribution in [2.45, 2.75) is 137 Å². The van der Waals surface area contributed by atoms with E-state index in [2.05, 4.69) is 33.8 Å². The standard InChI is InChI=1S/C34H58O2/c1-26(2)11-6-7-13-28-15-17-31-30-16-14-29-25-27(12-10-24-36-23-9-5-8-22-35)18-20-34(29,4)32(30)19-21-33(28,31)3/h14,22,26-28,30-32H,5-13,15-21,23-25H2,1-4H3. The molecular formula is C34H58O2. The number of allylic oxidation sites excluding steroid dienone is 2. The smallest absolute Gasteiger partial charge is 0.119 e. The molecule has 0 amide bonds. The molecule has 206 valence electrons. The Morgan fingerprint density at radius 1 is 0.944 bits per heavy atom. The van der Waals surface area contributed by atoms with Crippen LogP contribution >= 0.6 is 0 Å². The number of fused-ring (bicyclic) bond motifs is 5. The third-order valence-electron chi connectivity index (χ3n) is 11.7. The van der Waals surface area contributed by atoms with Crippen LogP contribution in [0.15, 0.2) is 11.6 Å². The Hall–Kier alpha value is -0.630. The van der Waals surface area contributed by atoms with E-state index in [9.17, 15) is 4.79 Å². The quantitative estimate of drug-likeness (QED) is 0.135. The summed E-state index contributed by atoms with van der Waals surface area (Å²) in [6, 6.07) is 0. The van der Waals surface area contributed by atoms with Gasteiger partial charge in [0, 0.05) is 19.6 Å². The van der Waals surface area contributed by atoms with Crippen LogP contribution in [0.1, 0.15) is 137 Å². The summed E-state index contributed by atoms with van der Waals surface area (Å²) in [6.07, 6.45) is 26.4. The van der Waals surface area contributed by atoms with E-state index in [0.29, 0.717) is 17.3 Å². The van der Waals surface area contributed by atoms with E-state index in [1.54, 1.807) is 0 Å². The lowest BCUT2D eigenvalue weighted by Gasteiger charge is -2.58. The maximum Gasteiger partial charge on any atom is 0.119 e. The van der Waals surface area contributed by atoms with Gasteiger partial charge in [-0.1, -0.05) is 58.6 Å². The zero-order chi connectivity index (χ0) is 25.6. The van der Waals surface area contributed by atoms with E-state index in [1.165, 1.54) is 89.9 Å². The molecule has 7 unspecified atom stereocenters. The molecule has 4 aliphatic carbocycles. The predicted molar refractivity (Wildman–Crippen MR) is 152 cm³/mol. The van der Waals surface area contributed by atoms with Crippen molar-refractivity contribution in [3.05, 3.63) is 11.6 Å². The number of unbranched alkanes of at least 4 members (excludes halogenated alkanes) is 3. The van der Waals surface area contributed by atoms with Gasteiger partial charge in [-0.25, -0.2) is 0 Å². The molecule has 0 aromatic heterocycles. The summed E-state index contributed by atoms with van der Waals surface area (Å²) in [5.74, 6) is 5.63. The molecular weight excluding hydrogens is 440 g/mol. The van der Waals surface area contributed by atoms with Crippen LogP contribution in [0.2, 0.25) is 0 Å². The topological polar surface area (TPSA) is 26.3 Å². The summed E-state index contributed by atoms with van der Waals surface area (Å²) in [5, 5.41) is 0. The molecule has 0 saturated heterocycles. The molecule has 0 aromatic rings. The van der Waals surface area contributed by atoms with Gasteiger partial charge in [0.25, 0.3) is 0 Å². The molecule has 0 radical (unpaired) electrons. The number of aldehydes is 1.